The number of hydrogen-bond acceptors (Lipinski definition) is 3. The lowest BCUT2D eigenvalue weighted by atomic mass is 10.1. The number of carbonyl (C=O) groups is 2. The highest BCUT2D eigenvalue weighted by Gasteiger charge is 2.16. The van der Waals surface area contributed by atoms with Gasteiger partial charge in [0.1, 0.15) is 5.75 Å². The van der Waals surface area contributed by atoms with E-state index in [2.05, 4.69) is 0 Å². The van der Waals surface area contributed by atoms with Crippen molar-refractivity contribution in [3.05, 3.63) is 28.8 Å². The first kappa shape index (κ1) is 15.3. The van der Waals surface area contributed by atoms with Crippen LogP contribution in [0.5, 0.6) is 5.75 Å². The fourth-order valence-electron chi connectivity index (χ4n) is 1.62. The van der Waals surface area contributed by atoms with E-state index in [0.717, 1.165) is 0 Å². The molecule has 0 aliphatic rings. The van der Waals surface area contributed by atoms with Crippen molar-refractivity contribution >= 4 is 23.5 Å². The lowest BCUT2D eigenvalue weighted by Crippen LogP contribution is -2.28. The first-order chi connectivity index (χ1) is 8.95. The molecule has 1 amide bonds. The monoisotopic (exact) mass is 285 g/mol. The fraction of sp³-hybridized carbons (Fsp3) is 0.385. The average molecular weight is 286 g/mol. The summed E-state index contributed by atoms with van der Waals surface area (Å²) in [6.07, 6.45) is 0.447. The van der Waals surface area contributed by atoms with Crippen molar-refractivity contribution < 1.29 is 19.4 Å². The number of nitrogens with zero attached hydrogens (tertiary/aromatic N) is 1. The summed E-state index contributed by atoms with van der Waals surface area (Å²) in [6.45, 7) is 0.372. The van der Waals surface area contributed by atoms with Crippen LogP contribution < -0.4 is 4.74 Å². The Morgan fingerprint density at radius 2 is 2.11 bits per heavy atom. The molecular formula is C13H16ClNO4. The van der Waals surface area contributed by atoms with Crippen LogP contribution in [0.3, 0.4) is 0 Å². The molecule has 1 aromatic rings. The van der Waals surface area contributed by atoms with Crippen LogP contribution in [0.4, 0.5) is 0 Å². The van der Waals surface area contributed by atoms with E-state index in [0.29, 0.717) is 29.3 Å². The quantitative estimate of drug-likeness (QED) is 0.871. The van der Waals surface area contributed by atoms with Gasteiger partial charge in [-0.05, 0) is 24.6 Å². The molecule has 1 aromatic carbocycles. The maximum atomic E-state index is 12.2. The van der Waals surface area contributed by atoms with Crippen LogP contribution in [0.1, 0.15) is 23.2 Å². The number of benzene rings is 1. The zero-order chi connectivity index (χ0) is 14.4. The Bertz CT molecular complexity index is 476. The molecule has 104 valence electrons. The number of carboxylic acids is 1. The fourth-order valence-corrected chi connectivity index (χ4v) is 1.78. The molecule has 0 aliphatic heterocycles. The third kappa shape index (κ3) is 4.44. The number of methoxy groups -OCH3 is 1. The summed E-state index contributed by atoms with van der Waals surface area (Å²) in [4.78, 5) is 24.1. The second kappa shape index (κ2) is 6.99. The van der Waals surface area contributed by atoms with E-state index in [-0.39, 0.29) is 12.3 Å². The van der Waals surface area contributed by atoms with Gasteiger partial charge in [-0.25, -0.2) is 0 Å². The largest absolute Gasteiger partial charge is 0.496 e. The van der Waals surface area contributed by atoms with E-state index in [1.165, 1.54) is 12.0 Å². The number of hydrogen-bond donors (Lipinski definition) is 1. The summed E-state index contributed by atoms with van der Waals surface area (Å²) >= 11 is 5.83. The van der Waals surface area contributed by atoms with Gasteiger partial charge in [0, 0.05) is 25.0 Å². The molecule has 0 radical (unpaired) electrons. The van der Waals surface area contributed by atoms with E-state index in [1.807, 2.05) is 0 Å². The van der Waals surface area contributed by atoms with Gasteiger partial charge in [0.05, 0.1) is 12.7 Å². The number of ether oxygens (including phenoxy) is 1. The molecule has 6 heteroatoms. The lowest BCUT2D eigenvalue weighted by Gasteiger charge is -2.18. The van der Waals surface area contributed by atoms with E-state index < -0.39 is 5.97 Å². The van der Waals surface area contributed by atoms with Gasteiger partial charge in [0.25, 0.3) is 5.91 Å². The molecule has 0 spiro atoms. The maximum Gasteiger partial charge on any atom is 0.303 e. The Labute approximate surface area is 116 Å². The van der Waals surface area contributed by atoms with Gasteiger partial charge >= 0.3 is 5.97 Å². The standard InChI is InChI=1S/C13H16ClNO4/c1-15(7-3-4-12(16)17)13(18)10-6-5-9(14)8-11(10)19-2/h5-6,8H,3-4,7H2,1-2H3,(H,16,17). The minimum atomic E-state index is -0.870. The summed E-state index contributed by atoms with van der Waals surface area (Å²) in [5.74, 6) is -0.689. The predicted molar refractivity (Wildman–Crippen MR) is 71.8 cm³/mol. The van der Waals surface area contributed by atoms with E-state index in [4.69, 9.17) is 21.4 Å². The van der Waals surface area contributed by atoms with Crippen LogP contribution >= 0.6 is 11.6 Å². The van der Waals surface area contributed by atoms with Crippen LogP contribution in [0.15, 0.2) is 18.2 Å². The normalized spacial score (nSPS) is 10.1. The van der Waals surface area contributed by atoms with Crippen molar-refractivity contribution in [3.63, 3.8) is 0 Å². The van der Waals surface area contributed by atoms with Gasteiger partial charge < -0.3 is 14.7 Å². The van der Waals surface area contributed by atoms with Gasteiger partial charge in [0.15, 0.2) is 0 Å². The van der Waals surface area contributed by atoms with Gasteiger partial charge in [-0.2, -0.15) is 0 Å². The number of carbonyl (C=O) groups excluding carboxylic acids is 1. The molecule has 0 saturated heterocycles. The van der Waals surface area contributed by atoms with Crippen LogP contribution in [-0.4, -0.2) is 42.6 Å². The third-order valence-electron chi connectivity index (χ3n) is 2.62. The van der Waals surface area contributed by atoms with Crippen LogP contribution in [0.25, 0.3) is 0 Å². The highest BCUT2D eigenvalue weighted by atomic mass is 35.5. The first-order valence-electron chi connectivity index (χ1n) is 5.76. The number of rotatable bonds is 6. The molecule has 0 unspecified atom stereocenters. The number of amides is 1. The molecule has 0 bridgehead atoms. The van der Waals surface area contributed by atoms with Gasteiger partial charge in [0.2, 0.25) is 0 Å². The number of carboxylic acid groups (broad SMARTS) is 1. The Morgan fingerprint density at radius 3 is 2.68 bits per heavy atom. The first-order valence-corrected chi connectivity index (χ1v) is 6.14. The zero-order valence-electron chi connectivity index (χ0n) is 10.9. The second-order valence-electron chi connectivity index (χ2n) is 4.07. The van der Waals surface area contributed by atoms with Gasteiger partial charge in [-0.1, -0.05) is 11.6 Å². The van der Waals surface area contributed by atoms with Crippen LogP contribution in [-0.2, 0) is 4.79 Å². The summed E-state index contributed by atoms with van der Waals surface area (Å²) in [5.41, 5.74) is 0.407. The molecule has 0 fully saturated rings. The summed E-state index contributed by atoms with van der Waals surface area (Å²) in [7, 11) is 3.09. The highest BCUT2D eigenvalue weighted by molar-refractivity contribution is 6.30. The minimum Gasteiger partial charge on any atom is -0.496 e. The van der Waals surface area contributed by atoms with Gasteiger partial charge in [-0.3, -0.25) is 9.59 Å². The molecule has 19 heavy (non-hydrogen) atoms. The number of halogens is 1. The lowest BCUT2D eigenvalue weighted by molar-refractivity contribution is -0.137. The van der Waals surface area contributed by atoms with Crippen molar-refractivity contribution in [2.45, 2.75) is 12.8 Å². The maximum absolute atomic E-state index is 12.2. The second-order valence-corrected chi connectivity index (χ2v) is 4.51. The Kier molecular flexibility index (Phi) is 5.63. The molecule has 0 saturated carbocycles. The Balaban J connectivity index is 2.73. The van der Waals surface area contributed by atoms with Crippen LogP contribution in [0.2, 0.25) is 5.02 Å². The molecule has 0 aromatic heterocycles. The summed E-state index contributed by atoms with van der Waals surface area (Å²) in [5, 5.41) is 9.04. The predicted octanol–water partition coefficient (Wildman–Crippen LogP) is 2.29. The van der Waals surface area contributed by atoms with Crippen molar-refractivity contribution in [1.29, 1.82) is 0 Å². The highest BCUT2D eigenvalue weighted by Crippen LogP contribution is 2.24. The molecule has 5 nitrogen and oxygen atoms in total. The zero-order valence-corrected chi connectivity index (χ0v) is 11.6. The van der Waals surface area contributed by atoms with Crippen LogP contribution in [0, 0.1) is 0 Å². The van der Waals surface area contributed by atoms with E-state index >= 15 is 0 Å². The minimum absolute atomic E-state index is 0.0371. The van der Waals surface area contributed by atoms with E-state index in [1.54, 1.807) is 25.2 Å². The summed E-state index contributed by atoms with van der Waals surface area (Å²) in [6, 6.07) is 4.78. The molecular weight excluding hydrogens is 270 g/mol. The Morgan fingerprint density at radius 1 is 1.42 bits per heavy atom. The molecule has 0 atom stereocenters. The average Bonchev–Trinajstić information content (AvgIpc) is 2.37. The summed E-state index contributed by atoms with van der Waals surface area (Å²) < 4.78 is 5.11. The van der Waals surface area contributed by atoms with Gasteiger partial charge in [-0.15, -0.1) is 0 Å². The van der Waals surface area contributed by atoms with E-state index in [9.17, 15) is 9.59 Å². The topological polar surface area (TPSA) is 66.8 Å². The molecule has 1 rings (SSSR count). The van der Waals surface area contributed by atoms with Crippen molar-refractivity contribution in [3.8, 4) is 5.75 Å². The third-order valence-corrected chi connectivity index (χ3v) is 2.86. The van der Waals surface area contributed by atoms with Crippen molar-refractivity contribution in [2.75, 3.05) is 20.7 Å². The smallest absolute Gasteiger partial charge is 0.303 e. The molecule has 0 heterocycles. The number of aliphatic carboxylic acids is 1. The SMILES string of the molecule is COc1cc(Cl)ccc1C(=O)N(C)CCCC(=O)O. The molecule has 0 aliphatic carbocycles. The van der Waals surface area contributed by atoms with Crippen molar-refractivity contribution in [1.82, 2.24) is 4.90 Å². The Hall–Kier alpha value is -1.75. The van der Waals surface area contributed by atoms with Crippen molar-refractivity contribution in [2.24, 2.45) is 0 Å². The molecule has 1 N–H and O–H groups in total.